The van der Waals surface area contributed by atoms with Gasteiger partial charge in [-0.1, -0.05) is 140 Å². The maximum absolute atomic E-state index is 14.7. The fourth-order valence-corrected chi connectivity index (χ4v) is 11.2. The van der Waals surface area contributed by atoms with Gasteiger partial charge in [-0.3, -0.25) is 19.2 Å². The van der Waals surface area contributed by atoms with Gasteiger partial charge in [-0.2, -0.15) is 5.26 Å². The Morgan fingerprint density at radius 3 is 1.75 bits per heavy atom. The summed E-state index contributed by atoms with van der Waals surface area (Å²) in [4.78, 5) is 79.9. The molecule has 0 bridgehead atoms. The van der Waals surface area contributed by atoms with Gasteiger partial charge in [0.2, 0.25) is 27.7 Å². The van der Waals surface area contributed by atoms with Crippen molar-refractivity contribution < 1.29 is 41.9 Å². The van der Waals surface area contributed by atoms with Crippen LogP contribution < -0.4 is 21.3 Å². The second-order valence-electron chi connectivity index (χ2n) is 16.3. The summed E-state index contributed by atoms with van der Waals surface area (Å²) in [5, 5.41) is 19.6. The molecule has 2 atom stereocenters. The zero-order valence-corrected chi connectivity index (χ0v) is 39.9. The van der Waals surface area contributed by atoms with Gasteiger partial charge in [-0.05, 0) is 58.7 Å². The highest BCUT2D eigenvalue weighted by Gasteiger charge is 2.40. The Bertz CT molecular complexity index is 2630. The van der Waals surface area contributed by atoms with Crippen molar-refractivity contribution in [2.75, 3.05) is 38.2 Å². The van der Waals surface area contributed by atoms with Crippen LogP contribution in [0.15, 0.2) is 140 Å². The summed E-state index contributed by atoms with van der Waals surface area (Å²) < 4.78 is 31.5. The molecular weight excluding hydrogens is 917 g/mol. The molecule has 0 saturated carbocycles. The average molecular weight is 971 g/mol. The Morgan fingerprint density at radius 1 is 0.725 bits per heavy atom. The molecule has 69 heavy (non-hydrogen) atoms. The molecule has 5 amide bonds. The highest BCUT2D eigenvalue weighted by Crippen LogP contribution is 2.49. The van der Waals surface area contributed by atoms with Crippen molar-refractivity contribution in [1.82, 2.24) is 25.6 Å². The van der Waals surface area contributed by atoms with E-state index in [4.69, 9.17) is 4.74 Å². The molecule has 0 radical (unpaired) electrons. The van der Waals surface area contributed by atoms with Crippen molar-refractivity contribution in [3.05, 3.63) is 167 Å². The van der Waals surface area contributed by atoms with Gasteiger partial charge in [0, 0.05) is 31.6 Å². The standard InChI is InChI=1S/C52H54N6O9S2/c1-36(59)28-29-45(49(62)55-33-48(61)58(31-30-53)69(65,66)32-16-27-47(60)54-2)56-50(63)46(57-51(64)67-34-44-42-25-14-12-23-40(42)41-24-13-15-26-43(41)44)35-68-52(37-17-6-3-7-18-37,38-19-8-4-9-20-38)39-21-10-5-11-22-39/h3-15,17-26,44-46H,16,27-29,31-35H2,1-2H3,(H,54,60)(H,55,62)(H,56,63)(H,57,64). The molecule has 358 valence electrons. The van der Waals surface area contributed by atoms with E-state index in [2.05, 4.69) is 21.3 Å². The minimum atomic E-state index is -4.38. The predicted molar refractivity (Wildman–Crippen MR) is 263 cm³/mol. The van der Waals surface area contributed by atoms with Gasteiger partial charge in [-0.15, -0.1) is 11.8 Å². The molecular formula is C52H54N6O9S2. The SMILES string of the molecule is CNC(=O)CCCS(=O)(=O)N(CC#N)C(=O)CNC(=O)C(CCC(C)=O)NC(=O)C(CSC(c1ccccc1)(c1ccccc1)c1ccccc1)NC(=O)OCC1c2ccccc2-c2ccccc21. The Morgan fingerprint density at radius 2 is 1.25 bits per heavy atom. The number of nitriles is 1. The van der Waals surface area contributed by atoms with E-state index < -0.39 is 75.4 Å². The fourth-order valence-electron chi connectivity index (χ4n) is 8.26. The third-order valence-corrected chi connectivity index (χ3v) is 15.2. The number of benzene rings is 5. The highest BCUT2D eigenvalue weighted by molar-refractivity contribution is 8.00. The fraction of sp³-hybridized carbons (Fsp3) is 0.288. The number of alkyl carbamates (subject to hydrolysis) is 1. The van der Waals surface area contributed by atoms with E-state index in [1.165, 1.54) is 25.7 Å². The lowest BCUT2D eigenvalue weighted by Gasteiger charge is -2.36. The molecule has 2 unspecified atom stereocenters. The quantitative estimate of drug-likeness (QED) is 0.0453. The molecule has 0 aromatic heterocycles. The summed E-state index contributed by atoms with van der Waals surface area (Å²) in [6, 6.07) is 43.7. The molecule has 6 rings (SSSR count). The first-order valence-electron chi connectivity index (χ1n) is 22.4. The van der Waals surface area contributed by atoms with Crippen molar-refractivity contribution in [1.29, 1.82) is 5.26 Å². The zero-order chi connectivity index (χ0) is 49.4. The Kier molecular flexibility index (Phi) is 17.9. The summed E-state index contributed by atoms with van der Waals surface area (Å²) in [6.07, 6.45) is -1.54. The van der Waals surface area contributed by atoms with Crippen LogP contribution in [0.5, 0.6) is 0 Å². The van der Waals surface area contributed by atoms with Gasteiger partial charge in [-0.25, -0.2) is 17.5 Å². The topological polar surface area (TPSA) is 221 Å². The Labute approximate surface area is 406 Å². The predicted octanol–water partition coefficient (Wildman–Crippen LogP) is 5.80. The van der Waals surface area contributed by atoms with E-state index in [1.807, 2.05) is 140 Å². The van der Waals surface area contributed by atoms with E-state index in [0.29, 0.717) is 4.31 Å². The summed E-state index contributed by atoms with van der Waals surface area (Å²) in [5.74, 6) is -4.55. The molecule has 5 aromatic rings. The van der Waals surface area contributed by atoms with Crippen LogP contribution in [0.2, 0.25) is 0 Å². The van der Waals surface area contributed by atoms with Crippen molar-refractivity contribution in [2.45, 2.75) is 55.4 Å². The molecule has 5 aromatic carbocycles. The number of nitrogens with zero attached hydrogens (tertiary/aromatic N) is 2. The number of hydrogen-bond donors (Lipinski definition) is 4. The second kappa shape index (κ2) is 24.1. The van der Waals surface area contributed by atoms with E-state index in [9.17, 15) is 42.4 Å². The number of amides is 5. The van der Waals surface area contributed by atoms with Crippen molar-refractivity contribution in [3.8, 4) is 17.2 Å². The molecule has 4 N–H and O–H groups in total. The van der Waals surface area contributed by atoms with Crippen LogP contribution in [0.25, 0.3) is 11.1 Å². The largest absolute Gasteiger partial charge is 0.449 e. The van der Waals surface area contributed by atoms with E-state index in [-0.39, 0.29) is 49.7 Å². The lowest BCUT2D eigenvalue weighted by molar-refractivity contribution is -0.132. The molecule has 15 nitrogen and oxygen atoms in total. The van der Waals surface area contributed by atoms with Crippen molar-refractivity contribution in [2.24, 2.45) is 0 Å². The molecule has 0 aliphatic heterocycles. The molecule has 0 fully saturated rings. The van der Waals surface area contributed by atoms with Crippen LogP contribution in [0.3, 0.4) is 0 Å². The molecule has 1 aliphatic carbocycles. The number of fused-ring (bicyclic) bond motifs is 3. The normalized spacial score (nSPS) is 12.8. The first kappa shape index (κ1) is 51.1. The van der Waals surface area contributed by atoms with Crippen LogP contribution in [0, 0.1) is 11.3 Å². The first-order valence-corrected chi connectivity index (χ1v) is 25.0. The third kappa shape index (κ3) is 12.8. The summed E-state index contributed by atoms with van der Waals surface area (Å²) in [5.41, 5.74) is 6.69. The van der Waals surface area contributed by atoms with E-state index in [1.54, 1.807) is 6.07 Å². The maximum atomic E-state index is 14.7. The van der Waals surface area contributed by atoms with Gasteiger partial charge in [0.1, 0.15) is 31.0 Å². The smallest absolute Gasteiger partial charge is 0.407 e. The molecule has 0 spiro atoms. The second-order valence-corrected chi connectivity index (χ2v) is 19.5. The molecule has 0 heterocycles. The van der Waals surface area contributed by atoms with E-state index in [0.717, 1.165) is 38.9 Å². The number of nitrogens with one attached hydrogen (secondary N) is 4. The van der Waals surface area contributed by atoms with Crippen LogP contribution >= 0.6 is 11.8 Å². The van der Waals surface area contributed by atoms with Crippen LogP contribution in [-0.4, -0.2) is 98.6 Å². The number of carbonyl (C=O) groups excluding carboxylic acids is 6. The Balaban J connectivity index is 1.28. The lowest BCUT2D eigenvalue weighted by atomic mass is 9.84. The number of rotatable bonds is 23. The first-order chi connectivity index (χ1) is 33.3. The number of Topliss-reactive ketones (excluding diaryl/α,β-unsaturated/α-hetero) is 1. The third-order valence-electron chi connectivity index (χ3n) is 11.7. The maximum Gasteiger partial charge on any atom is 0.407 e. The van der Waals surface area contributed by atoms with Crippen molar-refractivity contribution in [3.63, 3.8) is 0 Å². The van der Waals surface area contributed by atoms with Gasteiger partial charge in [0.15, 0.2) is 0 Å². The average Bonchev–Trinajstić information content (AvgIpc) is 3.69. The summed E-state index contributed by atoms with van der Waals surface area (Å²) in [7, 11) is -2.98. The number of thioether (sulfide) groups is 1. The molecule has 1 aliphatic rings. The van der Waals surface area contributed by atoms with Gasteiger partial charge in [0.25, 0.3) is 5.91 Å². The number of sulfonamides is 1. The number of ketones is 1. The Hall–Kier alpha value is -7.29. The molecule has 0 saturated heterocycles. The zero-order valence-electron chi connectivity index (χ0n) is 38.3. The van der Waals surface area contributed by atoms with Gasteiger partial charge in [0.05, 0.1) is 23.1 Å². The van der Waals surface area contributed by atoms with Crippen LogP contribution in [0.4, 0.5) is 4.79 Å². The number of ether oxygens (including phenoxy) is 1. The summed E-state index contributed by atoms with van der Waals surface area (Å²) in [6.45, 7) is -0.470. The van der Waals surface area contributed by atoms with Crippen LogP contribution in [0.1, 0.15) is 66.3 Å². The summed E-state index contributed by atoms with van der Waals surface area (Å²) >= 11 is 1.38. The number of carbonyl (C=O) groups is 6. The monoisotopic (exact) mass is 970 g/mol. The van der Waals surface area contributed by atoms with Crippen LogP contribution in [-0.2, 0) is 43.5 Å². The van der Waals surface area contributed by atoms with E-state index >= 15 is 0 Å². The van der Waals surface area contributed by atoms with Gasteiger partial charge >= 0.3 is 6.09 Å². The van der Waals surface area contributed by atoms with Gasteiger partial charge < -0.3 is 30.8 Å². The highest BCUT2D eigenvalue weighted by atomic mass is 32.2. The van der Waals surface area contributed by atoms with Crippen molar-refractivity contribution >= 4 is 57.3 Å². The lowest BCUT2D eigenvalue weighted by Crippen LogP contribution is -2.56. The minimum absolute atomic E-state index is 0.0480. The molecule has 17 heteroatoms. The number of hydrogen-bond acceptors (Lipinski definition) is 11. The minimum Gasteiger partial charge on any atom is -0.449 e.